The monoisotopic (exact) mass is 1120 g/mol. The summed E-state index contributed by atoms with van der Waals surface area (Å²) < 4.78 is 0. The van der Waals surface area contributed by atoms with Crippen molar-refractivity contribution >= 4 is 34.1 Å². The molecule has 0 N–H and O–H groups in total. The molecule has 0 aliphatic heterocycles. The van der Waals surface area contributed by atoms with Crippen LogP contribution in [0.25, 0.3) is 44.5 Å². The van der Waals surface area contributed by atoms with E-state index in [1.165, 1.54) is 192 Å². The van der Waals surface area contributed by atoms with Crippen molar-refractivity contribution < 1.29 is 0 Å². The summed E-state index contributed by atoms with van der Waals surface area (Å²) in [6.07, 6.45) is 24.7. The van der Waals surface area contributed by atoms with Crippen molar-refractivity contribution in [3.63, 3.8) is 0 Å². The van der Waals surface area contributed by atoms with E-state index in [4.69, 9.17) is 0 Å². The summed E-state index contributed by atoms with van der Waals surface area (Å²) in [4.78, 5) is 5.03. The number of para-hydroxylation sites is 1. The molecule has 0 aromatic heterocycles. The molecule has 0 spiro atoms. The first-order valence-electron chi connectivity index (χ1n) is 33.1. The lowest BCUT2D eigenvalue weighted by Gasteiger charge is -2.35. The average Bonchev–Trinajstić information content (AvgIpc) is 1.68. The van der Waals surface area contributed by atoms with Gasteiger partial charge in [-0.25, -0.2) is 0 Å². The number of hydrogen-bond donors (Lipinski definition) is 0. The van der Waals surface area contributed by atoms with Gasteiger partial charge in [0, 0.05) is 39.5 Å². The summed E-state index contributed by atoms with van der Waals surface area (Å²) in [7, 11) is 0. The van der Waals surface area contributed by atoms with Gasteiger partial charge in [0.05, 0.1) is 0 Å². The molecule has 0 heterocycles. The molecule has 2 heteroatoms. The number of fused-ring (bicyclic) bond motifs is 3. The topological polar surface area (TPSA) is 6.48 Å². The first kappa shape index (κ1) is 60.7. The molecule has 9 aromatic carbocycles. The fraction of sp³-hybridized carbons (Fsp3) is 0.349. The maximum Gasteiger partial charge on any atom is 0.0465 e. The quantitative estimate of drug-likeness (QED) is 0.0431. The van der Waals surface area contributed by atoms with Crippen molar-refractivity contribution in [3.05, 3.63) is 240 Å². The smallest absolute Gasteiger partial charge is 0.0465 e. The minimum Gasteiger partial charge on any atom is -0.310 e. The Morgan fingerprint density at radius 1 is 0.294 bits per heavy atom. The lowest BCUT2D eigenvalue weighted by atomic mass is 9.70. The molecule has 1 aliphatic rings. The molecule has 0 fully saturated rings. The van der Waals surface area contributed by atoms with E-state index >= 15 is 0 Å². The minimum absolute atomic E-state index is 0.114. The Bertz CT molecular complexity index is 3360. The Labute approximate surface area is 513 Å². The summed E-state index contributed by atoms with van der Waals surface area (Å²) in [6, 6.07) is 81.8. The van der Waals surface area contributed by atoms with Crippen molar-refractivity contribution in [2.24, 2.45) is 0 Å². The lowest BCUT2D eigenvalue weighted by Crippen LogP contribution is -2.26. The number of rotatable bonds is 29. The van der Waals surface area contributed by atoms with Gasteiger partial charge in [0.15, 0.2) is 0 Å². The fourth-order valence-corrected chi connectivity index (χ4v) is 13.4. The number of anilines is 6. The number of benzene rings is 9. The van der Waals surface area contributed by atoms with Crippen molar-refractivity contribution in [1.29, 1.82) is 0 Å². The second kappa shape index (κ2) is 29.1. The zero-order valence-electron chi connectivity index (χ0n) is 52.7. The standard InChI is InChI=1S/C83H96N2/c1-8-12-16-18-20-25-59-83(60-26-21-19-17-13-9-2)80-61-76(84(72-29-23-22-24-30-72)73-49-45-70(46-50-73)67-39-47-71(48-40-67)82(5,6)7)55-57-78(80)79-58-56-77(62-81(79)83)85(74-51-41-68(42-52-74)65-35-31-63(32-36-65)27-14-10-3)75-53-43-69(44-54-75)66-37-33-64(34-38-66)28-15-11-4/h22-24,29-58,61-62H,8-21,25-28,59-60H2,1-7H3. The molecule has 0 bridgehead atoms. The van der Waals surface area contributed by atoms with E-state index in [0.29, 0.717) is 0 Å². The summed E-state index contributed by atoms with van der Waals surface area (Å²) in [6.45, 7) is 16.1. The molecule has 0 atom stereocenters. The Balaban J connectivity index is 1.08. The van der Waals surface area contributed by atoms with Gasteiger partial charge in [-0.05, 0) is 189 Å². The maximum atomic E-state index is 2.64. The number of aryl methyl sites for hydroxylation is 2. The van der Waals surface area contributed by atoms with E-state index in [9.17, 15) is 0 Å². The van der Waals surface area contributed by atoms with Gasteiger partial charge in [-0.2, -0.15) is 0 Å². The van der Waals surface area contributed by atoms with Crippen LogP contribution >= 0.6 is 0 Å². The van der Waals surface area contributed by atoms with Crippen LogP contribution in [-0.4, -0.2) is 0 Å². The SMILES string of the molecule is CCCCCCCCC1(CCCCCCCC)c2cc(N(c3ccccc3)c3ccc(-c4ccc(C(C)(C)C)cc4)cc3)ccc2-c2ccc(N(c3ccc(-c4ccc(CCCC)cc4)cc3)c3ccc(-c4ccc(CCCC)cc4)cc3)cc21. The third-order valence-electron chi connectivity index (χ3n) is 18.4. The van der Waals surface area contributed by atoms with E-state index in [-0.39, 0.29) is 10.8 Å². The third kappa shape index (κ3) is 14.6. The van der Waals surface area contributed by atoms with Crippen LogP contribution in [0.2, 0.25) is 0 Å². The second-order valence-corrected chi connectivity index (χ2v) is 25.7. The van der Waals surface area contributed by atoms with E-state index < -0.39 is 0 Å². The van der Waals surface area contributed by atoms with Gasteiger partial charge in [0.2, 0.25) is 0 Å². The van der Waals surface area contributed by atoms with E-state index in [1.807, 2.05) is 0 Å². The highest BCUT2D eigenvalue weighted by Gasteiger charge is 2.43. The van der Waals surface area contributed by atoms with E-state index in [0.717, 1.165) is 42.7 Å². The van der Waals surface area contributed by atoms with Crippen molar-refractivity contribution in [3.8, 4) is 44.5 Å². The van der Waals surface area contributed by atoms with Gasteiger partial charge in [-0.3, -0.25) is 0 Å². The molecular weight excluding hydrogens is 1020 g/mol. The summed E-state index contributed by atoms with van der Waals surface area (Å²) in [5.41, 5.74) is 24.5. The van der Waals surface area contributed by atoms with E-state index in [1.54, 1.807) is 0 Å². The maximum absolute atomic E-state index is 2.64. The van der Waals surface area contributed by atoms with Gasteiger partial charge >= 0.3 is 0 Å². The average molecular weight is 1120 g/mol. The molecule has 2 nitrogen and oxygen atoms in total. The molecular formula is C83H96N2. The predicted molar refractivity (Wildman–Crippen MR) is 370 cm³/mol. The minimum atomic E-state index is -0.163. The van der Waals surface area contributed by atoms with Crippen LogP contribution in [0.5, 0.6) is 0 Å². The Morgan fingerprint density at radius 2 is 0.600 bits per heavy atom. The highest BCUT2D eigenvalue weighted by molar-refractivity contribution is 5.89. The molecule has 0 saturated carbocycles. The predicted octanol–water partition coefficient (Wildman–Crippen LogP) is 25.4. The van der Waals surface area contributed by atoms with Gasteiger partial charge in [-0.15, -0.1) is 0 Å². The Hall–Kier alpha value is -7.42. The fourth-order valence-electron chi connectivity index (χ4n) is 13.4. The molecule has 9 aromatic rings. The van der Waals surface area contributed by atoms with Crippen LogP contribution in [-0.2, 0) is 23.7 Å². The molecule has 1 aliphatic carbocycles. The van der Waals surface area contributed by atoms with E-state index in [2.05, 4.69) is 271 Å². The Kier molecular flexibility index (Phi) is 20.8. The van der Waals surface area contributed by atoms with Gasteiger partial charge in [0.1, 0.15) is 0 Å². The number of nitrogens with zero attached hydrogens (tertiary/aromatic N) is 2. The van der Waals surface area contributed by atoms with Crippen molar-refractivity contribution in [2.45, 2.75) is 188 Å². The molecule has 0 unspecified atom stereocenters. The molecule has 0 saturated heterocycles. The van der Waals surface area contributed by atoms with Crippen LogP contribution in [0.15, 0.2) is 212 Å². The van der Waals surface area contributed by atoms with Gasteiger partial charge in [-0.1, -0.05) is 278 Å². The van der Waals surface area contributed by atoms with Crippen molar-refractivity contribution in [2.75, 3.05) is 9.80 Å². The number of hydrogen-bond acceptors (Lipinski definition) is 2. The first-order valence-corrected chi connectivity index (χ1v) is 33.1. The summed E-state index contributed by atoms with van der Waals surface area (Å²) in [5.74, 6) is 0. The largest absolute Gasteiger partial charge is 0.310 e. The second-order valence-electron chi connectivity index (χ2n) is 25.7. The molecule has 10 rings (SSSR count). The molecule has 438 valence electrons. The zero-order chi connectivity index (χ0) is 59.0. The third-order valence-corrected chi connectivity index (χ3v) is 18.4. The molecule has 0 amide bonds. The van der Waals surface area contributed by atoms with Crippen LogP contribution in [0.3, 0.4) is 0 Å². The van der Waals surface area contributed by atoms with Crippen molar-refractivity contribution in [1.82, 2.24) is 0 Å². The highest BCUT2D eigenvalue weighted by atomic mass is 15.1. The lowest BCUT2D eigenvalue weighted by molar-refractivity contribution is 0.398. The summed E-state index contributed by atoms with van der Waals surface area (Å²) >= 11 is 0. The van der Waals surface area contributed by atoms with Crippen LogP contribution < -0.4 is 9.80 Å². The normalized spacial score (nSPS) is 12.5. The van der Waals surface area contributed by atoms with Crippen LogP contribution in [0.4, 0.5) is 34.1 Å². The number of unbranched alkanes of at least 4 members (excludes halogenated alkanes) is 12. The molecule has 0 radical (unpaired) electrons. The highest BCUT2D eigenvalue weighted by Crippen LogP contribution is 2.57. The zero-order valence-corrected chi connectivity index (χ0v) is 52.7. The summed E-state index contributed by atoms with van der Waals surface area (Å²) in [5, 5.41) is 0. The first-order chi connectivity index (χ1) is 41.6. The Morgan fingerprint density at radius 3 is 0.953 bits per heavy atom. The van der Waals surface area contributed by atoms with Gasteiger partial charge in [0.25, 0.3) is 0 Å². The molecule has 85 heavy (non-hydrogen) atoms. The van der Waals surface area contributed by atoms with Crippen LogP contribution in [0, 0.1) is 0 Å². The van der Waals surface area contributed by atoms with Gasteiger partial charge < -0.3 is 9.80 Å². The van der Waals surface area contributed by atoms with Crippen LogP contribution in [0.1, 0.15) is 192 Å².